The van der Waals surface area contributed by atoms with Gasteiger partial charge in [-0.05, 0) is 49.7 Å². The lowest BCUT2D eigenvalue weighted by molar-refractivity contribution is 0.0945. The number of piperidine rings is 1. The third-order valence-corrected chi connectivity index (χ3v) is 5.65. The van der Waals surface area contributed by atoms with Gasteiger partial charge in [-0.25, -0.2) is 9.97 Å². The number of carbonyl (C=O) groups excluding carboxylic acids is 1. The summed E-state index contributed by atoms with van der Waals surface area (Å²) in [6.45, 7) is 3.53. The van der Waals surface area contributed by atoms with Crippen LogP contribution in [-0.2, 0) is 13.1 Å². The van der Waals surface area contributed by atoms with E-state index in [0.29, 0.717) is 5.65 Å². The number of hydrogen-bond acceptors (Lipinski definition) is 5. The number of amides is 1. The number of carbonyl (C=O) groups is 1. The molecule has 1 N–H and O–H groups in total. The van der Waals surface area contributed by atoms with Gasteiger partial charge in [-0.1, -0.05) is 18.6 Å². The highest BCUT2D eigenvalue weighted by molar-refractivity contribution is 5.92. The Bertz CT molecular complexity index is 1300. The summed E-state index contributed by atoms with van der Waals surface area (Å²) in [5.74, 6) is -0.397. The van der Waals surface area contributed by atoms with E-state index in [1.54, 1.807) is 24.4 Å². The minimum Gasteiger partial charge on any atom is -0.345 e. The number of likely N-dealkylation sites (tertiary alicyclic amines) is 1. The lowest BCUT2D eigenvalue weighted by Gasteiger charge is -2.26. The van der Waals surface area contributed by atoms with Crippen LogP contribution >= 0.6 is 0 Å². The molecule has 0 aliphatic carbocycles. The van der Waals surface area contributed by atoms with E-state index in [1.165, 1.54) is 35.3 Å². The Hall–Kier alpha value is -3.52. The first-order chi connectivity index (χ1) is 15.2. The Kier molecular flexibility index (Phi) is 5.21. The van der Waals surface area contributed by atoms with E-state index in [-0.39, 0.29) is 17.8 Å². The second-order valence-corrected chi connectivity index (χ2v) is 7.96. The molecule has 5 rings (SSSR count). The summed E-state index contributed by atoms with van der Waals surface area (Å²) in [5.41, 5.74) is 3.10. The highest BCUT2D eigenvalue weighted by atomic mass is 16.2. The summed E-state index contributed by atoms with van der Waals surface area (Å²) in [6.07, 6.45) is 9.54. The monoisotopic (exact) mass is 416 g/mol. The molecule has 8 nitrogen and oxygen atoms in total. The van der Waals surface area contributed by atoms with Gasteiger partial charge in [0, 0.05) is 31.2 Å². The summed E-state index contributed by atoms with van der Waals surface area (Å²) >= 11 is 0. The van der Waals surface area contributed by atoms with E-state index < -0.39 is 5.91 Å². The first-order valence-corrected chi connectivity index (χ1v) is 10.6. The quantitative estimate of drug-likeness (QED) is 0.540. The molecule has 5 heterocycles. The summed E-state index contributed by atoms with van der Waals surface area (Å²) in [7, 11) is 0. The molecule has 0 unspecified atom stereocenters. The van der Waals surface area contributed by atoms with Crippen molar-refractivity contribution in [2.75, 3.05) is 13.1 Å². The largest absolute Gasteiger partial charge is 0.345 e. The van der Waals surface area contributed by atoms with Gasteiger partial charge in [0.1, 0.15) is 17.0 Å². The highest BCUT2D eigenvalue weighted by Crippen LogP contribution is 2.14. The van der Waals surface area contributed by atoms with Crippen LogP contribution in [0.5, 0.6) is 0 Å². The molecule has 0 bridgehead atoms. The number of imidazole rings is 1. The zero-order valence-corrected chi connectivity index (χ0v) is 17.2. The van der Waals surface area contributed by atoms with Crippen LogP contribution in [0.2, 0.25) is 0 Å². The number of hydrogen-bond donors (Lipinski definition) is 1. The van der Waals surface area contributed by atoms with Crippen LogP contribution in [0, 0.1) is 0 Å². The van der Waals surface area contributed by atoms with Gasteiger partial charge in [0.15, 0.2) is 0 Å². The predicted octanol–water partition coefficient (Wildman–Crippen LogP) is 2.26. The molecule has 4 aromatic heterocycles. The Morgan fingerprint density at radius 2 is 1.87 bits per heavy atom. The third kappa shape index (κ3) is 4.20. The molecule has 1 aliphatic heterocycles. The third-order valence-electron chi connectivity index (χ3n) is 5.65. The molecule has 4 aromatic rings. The van der Waals surface area contributed by atoms with Gasteiger partial charge < -0.3 is 9.72 Å². The average Bonchev–Trinajstić information content (AvgIpc) is 3.20. The van der Waals surface area contributed by atoms with Gasteiger partial charge in [0.2, 0.25) is 0 Å². The van der Waals surface area contributed by atoms with Crippen molar-refractivity contribution in [3.8, 4) is 0 Å². The highest BCUT2D eigenvalue weighted by Gasteiger charge is 2.13. The first-order valence-electron chi connectivity index (χ1n) is 10.6. The predicted molar refractivity (Wildman–Crippen MR) is 117 cm³/mol. The van der Waals surface area contributed by atoms with Crippen LogP contribution in [0.1, 0.15) is 41.0 Å². The molecule has 0 atom stereocenters. The van der Waals surface area contributed by atoms with Gasteiger partial charge in [0.25, 0.3) is 11.5 Å². The molecular formula is C23H24N6O2. The first kappa shape index (κ1) is 19.4. The van der Waals surface area contributed by atoms with Crippen molar-refractivity contribution in [3.63, 3.8) is 0 Å². The van der Waals surface area contributed by atoms with Crippen molar-refractivity contribution in [1.29, 1.82) is 0 Å². The molecule has 0 radical (unpaired) electrons. The lowest BCUT2D eigenvalue weighted by atomic mass is 10.1. The molecule has 0 aromatic carbocycles. The molecule has 1 aliphatic rings. The maximum Gasteiger partial charge on any atom is 0.270 e. The zero-order valence-electron chi connectivity index (χ0n) is 17.2. The van der Waals surface area contributed by atoms with E-state index in [0.717, 1.165) is 31.0 Å². The van der Waals surface area contributed by atoms with E-state index in [9.17, 15) is 9.59 Å². The van der Waals surface area contributed by atoms with E-state index in [2.05, 4.69) is 32.4 Å². The Morgan fingerprint density at radius 3 is 2.74 bits per heavy atom. The molecule has 1 fully saturated rings. The average molecular weight is 416 g/mol. The molecule has 158 valence electrons. The molecule has 0 saturated carbocycles. The van der Waals surface area contributed by atoms with Crippen LogP contribution in [0.3, 0.4) is 0 Å². The second-order valence-electron chi connectivity index (χ2n) is 7.96. The number of pyridine rings is 2. The summed E-state index contributed by atoms with van der Waals surface area (Å²) in [6, 6.07) is 10.6. The van der Waals surface area contributed by atoms with Crippen LogP contribution < -0.4 is 10.9 Å². The normalized spacial score (nSPS) is 14.8. The van der Waals surface area contributed by atoms with Gasteiger partial charge in [0.05, 0.1) is 12.2 Å². The van der Waals surface area contributed by atoms with Crippen LogP contribution in [-0.4, -0.2) is 42.7 Å². The summed E-state index contributed by atoms with van der Waals surface area (Å²) < 4.78 is 3.40. The van der Waals surface area contributed by atoms with Crippen molar-refractivity contribution in [3.05, 3.63) is 82.3 Å². The van der Waals surface area contributed by atoms with Crippen molar-refractivity contribution >= 4 is 17.2 Å². The van der Waals surface area contributed by atoms with Gasteiger partial charge in [-0.15, -0.1) is 0 Å². The number of nitrogens with one attached hydrogen (secondary N) is 1. The Labute approximate surface area is 179 Å². The van der Waals surface area contributed by atoms with Crippen LogP contribution in [0.25, 0.3) is 11.3 Å². The maximum absolute atomic E-state index is 12.5. The zero-order chi connectivity index (χ0) is 21.2. The fraction of sp³-hybridized carbons (Fsp3) is 0.304. The number of rotatable bonds is 5. The minimum absolute atomic E-state index is 0.101. The number of aromatic nitrogens is 4. The van der Waals surface area contributed by atoms with Crippen molar-refractivity contribution in [2.45, 2.75) is 32.4 Å². The fourth-order valence-corrected chi connectivity index (χ4v) is 4.08. The summed E-state index contributed by atoms with van der Waals surface area (Å²) in [4.78, 5) is 36.1. The maximum atomic E-state index is 12.5. The molecule has 8 heteroatoms. The minimum atomic E-state index is -0.397. The van der Waals surface area contributed by atoms with Crippen molar-refractivity contribution < 1.29 is 4.79 Å². The second kappa shape index (κ2) is 8.31. The number of fused-ring (bicyclic) bond motifs is 2. The topological polar surface area (TPSA) is 84.0 Å². The standard InChI is InChI=1S/C23H24N6O2/c30-22-12-19(26-21-6-2-5-11-29(21)22)23(31)24-13-18-16-28-15-17(7-8-20(28)25-18)14-27-9-3-1-4-10-27/h2,5-8,11-12,15-16H,1,3-4,9-10,13-14H2,(H,24,31). The van der Waals surface area contributed by atoms with Gasteiger partial charge >= 0.3 is 0 Å². The smallest absolute Gasteiger partial charge is 0.270 e. The number of nitrogens with zero attached hydrogens (tertiary/aromatic N) is 5. The molecular weight excluding hydrogens is 392 g/mol. The Balaban J connectivity index is 1.28. The molecule has 0 spiro atoms. The van der Waals surface area contributed by atoms with Gasteiger partial charge in [-0.2, -0.15) is 0 Å². The SMILES string of the molecule is O=C(NCc1cn2cc(CN3CCCCC3)ccc2n1)c1cc(=O)n2ccccc2n1. The van der Waals surface area contributed by atoms with Crippen LogP contribution in [0.15, 0.2) is 59.8 Å². The van der Waals surface area contributed by atoms with Gasteiger partial charge in [-0.3, -0.25) is 18.9 Å². The Morgan fingerprint density at radius 1 is 1.00 bits per heavy atom. The molecule has 1 saturated heterocycles. The fourth-order valence-electron chi connectivity index (χ4n) is 4.08. The van der Waals surface area contributed by atoms with Crippen molar-refractivity contribution in [2.24, 2.45) is 0 Å². The van der Waals surface area contributed by atoms with E-state index >= 15 is 0 Å². The molecule has 31 heavy (non-hydrogen) atoms. The lowest BCUT2D eigenvalue weighted by Crippen LogP contribution is -2.29. The summed E-state index contributed by atoms with van der Waals surface area (Å²) in [5, 5.41) is 2.81. The molecule has 1 amide bonds. The van der Waals surface area contributed by atoms with Crippen molar-refractivity contribution in [1.82, 2.24) is 29.0 Å². The van der Waals surface area contributed by atoms with E-state index in [1.807, 2.05) is 16.7 Å². The van der Waals surface area contributed by atoms with Crippen LogP contribution in [0.4, 0.5) is 0 Å². The van der Waals surface area contributed by atoms with E-state index in [4.69, 9.17) is 0 Å².